The van der Waals surface area contributed by atoms with Gasteiger partial charge in [-0.25, -0.2) is 0 Å². The van der Waals surface area contributed by atoms with Crippen LogP contribution in [0.25, 0.3) is 0 Å². The van der Waals surface area contributed by atoms with Gasteiger partial charge in [-0.05, 0) is 57.1 Å². The number of nitrogens with one attached hydrogen (secondary N) is 1. The van der Waals surface area contributed by atoms with Crippen molar-refractivity contribution in [3.63, 3.8) is 0 Å². The summed E-state index contributed by atoms with van der Waals surface area (Å²) < 4.78 is 0. The molecule has 0 saturated carbocycles. The SMILES string of the molecule is CC(C(=O)Nc1cc(Cl)ccc1Cl)N(C)CC1CCCN1c1cccnn1. The van der Waals surface area contributed by atoms with Crippen molar-refractivity contribution in [3.05, 3.63) is 46.6 Å². The van der Waals surface area contributed by atoms with Gasteiger partial charge >= 0.3 is 0 Å². The quantitative estimate of drug-likeness (QED) is 0.790. The molecule has 2 heterocycles. The summed E-state index contributed by atoms with van der Waals surface area (Å²) in [6.07, 6.45) is 3.84. The fourth-order valence-electron chi connectivity index (χ4n) is 3.29. The Kier molecular flexibility index (Phi) is 6.52. The van der Waals surface area contributed by atoms with Crippen molar-refractivity contribution in [2.45, 2.75) is 31.8 Å². The summed E-state index contributed by atoms with van der Waals surface area (Å²) in [5.41, 5.74) is 0.525. The lowest BCUT2D eigenvalue weighted by Crippen LogP contribution is -2.46. The van der Waals surface area contributed by atoms with E-state index in [1.54, 1.807) is 24.4 Å². The van der Waals surface area contributed by atoms with Crippen molar-refractivity contribution >= 4 is 40.6 Å². The number of anilines is 2. The maximum absolute atomic E-state index is 12.7. The standard InChI is InChI=1S/C19H23Cl2N5O/c1-13(19(27)23-17-11-14(20)7-8-16(17)21)25(2)12-15-5-4-10-26(15)18-6-3-9-22-24-18/h3,6-9,11,13,15H,4-5,10,12H2,1-2H3,(H,23,27). The number of halogens is 2. The molecular formula is C19H23Cl2N5O. The highest BCUT2D eigenvalue weighted by molar-refractivity contribution is 6.35. The first-order chi connectivity index (χ1) is 13.0. The van der Waals surface area contributed by atoms with Crippen molar-refractivity contribution in [3.8, 4) is 0 Å². The van der Waals surface area contributed by atoms with Gasteiger partial charge in [-0.1, -0.05) is 23.2 Å². The van der Waals surface area contributed by atoms with E-state index in [4.69, 9.17) is 23.2 Å². The molecule has 6 nitrogen and oxygen atoms in total. The fourth-order valence-corrected chi connectivity index (χ4v) is 3.63. The van der Waals surface area contributed by atoms with Gasteiger partial charge in [0, 0.05) is 30.4 Å². The predicted octanol–water partition coefficient (Wildman–Crippen LogP) is 3.71. The van der Waals surface area contributed by atoms with Gasteiger partial charge in [-0.3, -0.25) is 9.69 Å². The van der Waals surface area contributed by atoms with E-state index >= 15 is 0 Å². The molecule has 1 aliphatic heterocycles. The molecule has 1 aromatic carbocycles. The summed E-state index contributed by atoms with van der Waals surface area (Å²) in [6.45, 7) is 3.60. The molecule has 8 heteroatoms. The minimum Gasteiger partial charge on any atom is -0.351 e. The summed E-state index contributed by atoms with van der Waals surface area (Å²) in [4.78, 5) is 17.0. The molecule has 0 bridgehead atoms. The molecule has 0 aliphatic carbocycles. The van der Waals surface area contributed by atoms with E-state index in [-0.39, 0.29) is 11.9 Å². The van der Waals surface area contributed by atoms with Gasteiger partial charge in [0.15, 0.2) is 5.82 Å². The zero-order chi connectivity index (χ0) is 19.4. The second-order valence-electron chi connectivity index (χ2n) is 6.80. The van der Waals surface area contributed by atoms with Gasteiger partial charge in [0.1, 0.15) is 0 Å². The summed E-state index contributed by atoms with van der Waals surface area (Å²) in [5, 5.41) is 12.1. The van der Waals surface area contributed by atoms with Crippen LogP contribution in [0.15, 0.2) is 36.5 Å². The van der Waals surface area contributed by atoms with Crippen LogP contribution in [0.3, 0.4) is 0 Å². The van der Waals surface area contributed by atoms with Crippen LogP contribution in [0.4, 0.5) is 11.5 Å². The van der Waals surface area contributed by atoms with E-state index in [1.165, 1.54) is 0 Å². The molecule has 1 saturated heterocycles. The first-order valence-corrected chi connectivity index (χ1v) is 9.72. The molecule has 0 spiro atoms. The highest BCUT2D eigenvalue weighted by Crippen LogP contribution is 2.26. The largest absolute Gasteiger partial charge is 0.351 e. The van der Waals surface area contributed by atoms with E-state index in [0.717, 1.165) is 31.7 Å². The molecule has 2 aromatic rings. The Morgan fingerprint density at radius 1 is 1.41 bits per heavy atom. The second-order valence-corrected chi connectivity index (χ2v) is 7.64. The first kappa shape index (κ1) is 19.9. The molecule has 2 atom stereocenters. The number of hydrogen-bond donors (Lipinski definition) is 1. The summed E-state index contributed by atoms with van der Waals surface area (Å²) in [7, 11) is 1.96. The third kappa shape index (κ3) is 4.89. The van der Waals surface area contributed by atoms with Gasteiger partial charge in [-0.2, -0.15) is 5.10 Å². The summed E-state index contributed by atoms with van der Waals surface area (Å²) >= 11 is 12.1. The lowest BCUT2D eigenvalue weighted by molar-refractivity contribution is -0.120. The Balaban J connectivity index is 1.62. The Labute approximate surface area is 169 Å². The van der Waals surface area contributed by atoms with Crippen molar-refractivity contribution in [2.24, 2.45) is 0 Å². The molecule has 1 fully saturated rings. The number of carbonyl (C=O) groups is 1. The van der Waals surface area contributed by atoms with Crippen LogP contribution in [0.2, 0.25) is 10.0 Å². The lowest BCUT2D eigenvalue weighted by atomic mass is 10.1. The van der Waals surface area contributed by atoms with E-state index in [0.29, 0.717) is 21.8 Å². The van der Waals surface area contributed by atoms with Gasteiger partial charge < -0.3 is 10.2 Å². The van der Waals surface area contributed by atoms with Crippen LogP contribution in [0.5, 0.6) is 0 Å². The number of benzene rings is 1. The van der Waals surface area contributed by atoms with Crippen LogP contribution in [0, 0.1) is 0 Å². The first-order valence-electron chi connectivity index (χ1n) is 8.96. The number of rotatable bonds is 6. The molecular weight excluding hydrogens is 385 g/mol. The maximum Gasteiger partial charge on any atom is 0.241 e. The van der Waals surface area contributed by atoms with Gasteiger partial charge in [-0.15, -0.1) is 5.10 Å². The van der Waals surface area contributed by atoms with Gasteiger partial charge in [0.25, 0.3) is 0 Å². The summed E-state index contributed by atoms with van der Waals surface area (Å²) in [6, 6.07) is 8.87. The second kappa shape index (κ2) is 8.87. The number of nitrogens with zero attached hydrogens (tertiary/aromatic N) is 4. The minimum atomic E-state index is -0.315. The maximum atomic E-state index is 12.7. The molecule has 2 unspecified atom stereocenters. The van der Waals surface area contributed by atoms with Crippen LogP contribution >= 0.6 is 23.2 Å². The number of aromatic nitrogens is 2. The fraction of sp³-hybridized carbons (Fsp3) is 0.421. The molecule has 0 radical (unpaired) electrons. The molecule has 1 amide bonds. The number of carbonyl (C=O) groups excluding carboxylic acids is 1. The van der Waals surface area contributed by atoms with Crippen molar-refractivity contribution in [1.82, 2.24) is 15.1 Å². The van der Waals surface area contributed by atoms with Crippen molar-refractivity contribution < 1.29 is 4.79 Å². The topological polar surface area (TPSA) is 61.4 Å². The Hall–Kier alpha value is -1.89. The Bertz CT molecular complexity index is 789. The van der Waals surface area contributed by atoms with Gasteiger partial charge in [0.2, 0.25) is 5.91 Å². The van der Waals surface area contributed by atoms with Gasteiger partial charge in [0.05, 0.1) is 16.8 Å². The third-order valence-electron chi connectivity index (χ3n) is 4.96. The van der Waals surface area contributed by atoms with E-state index in [2.05, 4.69) is 20.4 Å². The highest BCUT2D eigenvalue weighted by atomic mass is 35.5. The third-order valence-corrected chi connectivity index (χ3v) is 5.52. The molecule has 1 aromatic heterocycles. The van der Waals surface area contributed by atoms with Crippen molar-refractivity contribution in [1.29, 1.82) is 0 Å². The van der Waals surface area contributed by atoms with Crippen LogP contribution in [0.1, 0.15) is 19.8 Å². The predicted molar refractivity (Wildman–Crippen MR) is 110 cm³/mol. The minimum absolute atomic E-state index is 0.120. The molecule has 3 rings (SSSR count). The zero-order valence-electron chi connectivity index (χ0n) is 15.4. The van der Waals surface area contributed by atoms with E-state index < -0.39 is 0 Å². The smallest absolute Gasteiger partial charge is 0.241 e. The molecule has 27 heavy (non-hydrogen) atoms. The average Bonchev–Trinajstić information content (AvgIpc) is 3.12. The van der Waals surface area contributed by atoms with Crippen LogP contribution in [-0.4, -0.2) is 53.2 Å². The monoisotopic (exact) mass is 407 g/mol. The Morgan fingerprint density at radius 2 is 2.22 bits per heavy atom. The van der Waals surface area contributed by atoms with Crippen LogP contribution in [-0.2, 0) is 4.79 Å². The van der Waals surface area contributed by atoms with Crippen LogP contribution < -0.4 is 10.2 Å². The zero-order valence-corrected chi connectivity index (χ0v) is 16.9. The van der Waals surface area contributed by atoms with E-state index in [1.807, 2.05) is 31.0 Å². The highest BCUT2D eigenvalue weighted by Gasteiger charge is 2.29. The normalized spacial score (nSPS) is 18.0. The molecule has 1 N–H and O–H groups in total. The molecule has 144 valence electrons. The lowest BCUT2D eigenvalue weighted by Gasteiger charge is -2.31. The number of amides is 1. The average molecular weight is 408 g/mol. The molecule has 1 aliphatic rings. The Morgan fingerprint density at radius 3 is 2.96 bits per heavy atom. The van der Waals surface area contributed by atoms with E-state index in [9.17, 15) is 4.79 Å². The number of hydrogen-bond acceptors (Lipinski definition) is 5. The number of likely N-dealkylation sites (N-methyl/N-ethyl adjacent to an activating group) is 1. The van der Waals surface area contributed by atoms with Crippen molar-refractivity contribution in [2.75, 3.05) is 30.4 Å². The summed E-state index contributed by atoms with van der Waals surface area (Å²) in [5.74, 6) is 0.766.